The fraction of sp³-hybridized carbons (Fsp3) is 0.538. The summed E-state index contributed by atoms with van der Waals surface area (Å²) < 4.78 is 0. The van der Waals surface area contributed by atoms with Gasteiger partial charge in [0, 0.05) is 12.0 Å². The molecule has 0 radical (unpaired) electrons. The molecule has 2 fully saturated rings. The Hall–Kier alpha value is -1.02. The SMILES string of the molecule is Oc1ccc(C2CC2N2CCCC2)cc1. The smallest absolute Gasteiger partial charge is 0.115 e. The van der Waals surface area contributed by atoms with E-state index < -0.39 is 0 Å². The maximum atomic E-state index is 9.23. The highest BCUT2D eigenvalue weighted by Gasteiger charge is 2.43. The van der Waals surface area contributed by atoms with Gasteiger partial charge in [-0.2, -0.15) is 0 Å². The Labute approximate surface area is 90.5 Å². The number of benzene rings is 1. The van der Waals surface area contributed by atoms with E-state index in [1.54, 1.807) is 12.1 Å². The van der Waals surface area contributed by atoms with E-state index in [2.05, 4.69) is 17.0 Å². The van der Waals surface area contributed by atoms with Crippen molar-refractivity contribution in [2.75, 3.05) is 13.1 Å². The average Bonchev–Trinajstić information content (AvgIpc) is 2.87. The Kier molecular flexibility index (Phi) is 2.17. The summed E-state index contributed by atoms with van der Waals surface area (Å²) in [4.78, 5) is 2.62. The summed E-state index contributed by atoms with van der Waals surface area (Å²) in [6, 6.07) is 8.52. The van der Waals surface area contributed by atoms with E-state index in [0.717, 1.165) is 12.0 Å². The van der Waals surface area contributed by atoms with E-state index in [0.29, 0.717) is 5.75 Å². The number of hydrogen-bond donors (Lipinski definition) is 1. The van der Waals surface area contributed by atoms with Gasteiger partial charge in [-0.05, 0) is 50.0 Å². The standard InChI is InChI=1S/C13H17NO/c15-11-5-3-10(4-6-11)12-9-13(12)14-7-1-2-8-14/h3-6,12-13,15H,1-2,7-9H2. The number of hydrogen-bond acceptors (Lipinski definition) is 2. The van der Waals surface area contributed by atoms with Gasteiger partial charge in [0.2, 0.25) is 0 Å². The average molecular weight is 203 g/mol. The summed E-state index contributed by atoms with van der Waals surface area (Å²) in [5.41, 5.74) is 1.39. The lowest BCUT2D eigenvalue weighted by molar-refractivity contribution is 0.323. The third-order valence-electron chi connectivity index (χ3n) is 3.69. The van der Waals surface area contributed by atoms with Crippen LogP contribution in [0.3, 0.4) is 0 Å². The van der Waals surface area contributed by atoms with Crippen LogP contribution < -0.4 is 0 Å². The summed E-state index contributed by atoms with van der Waals surface area (Å²) in [6.45, 7) is 2.58. The van der Waals surface area contributed by atoms with Gasteiger partial charge in [0.05, 0.1) is 0 Å². The Morgan fingerprint density at radius 1 is 1.07 bits per heavy atom. The molecule has 15 heavy (non-hydrogen) atoms. The molecule has 1 aliphatic carbocycles. The largest absolute Gasteiger partial charge is 0.508 e. The summed E-state index contributed by atoms with van der Waals surface area (Å²) >= 11 is 0. The molecule has 1 aliphatic heterocycles. The first-order chi connectivity index (χ1) is 7.34. The third-order valence-corrected chi connectivity index (χ3v) is 3.69. The van der Waals surface area contributed by atoms with Crippen molar-refractivity contribution in [2.24, 2.45) is 0 Å². The van der Waals surface area contributed by atoms with E-state index in [9.17, 15) is 5.11 Å². The highest BCUT2D eigenvalue weighted by molar-refractivity contribution is 5.33. The highest BCUT2D eigenvalue weighted by Crippen LogP contribution is 2.45. The molecule has 0 aromatic heterocycles. The van der Waals surface area contributed by atoms with Gasteiger partial charge in [-0.15, -0.1) is 0 Å². The fourth-order valence-electron chi connectivity index (χ4n) is 2.74. The van der Waals surface area contributed by atoms with Gasteiger partial charge in [-0.3, -0.25) is 4.90 Å². The van der Waals surface area contributed by atoms with Crippen LogP contribution in [0.4, 0.5) is 0 Å². The lowest BCUT2D eigenvalue weighted by Crippen LogP contribution is -2.22. The van der Waals surface area contributed by atoms with Gasteiger partial charge in [-0.1, -0.05) is 12.1 Å². The number of phenols is 1. The van der Waals surface area contributed by atoms with Crippen LogP contribution in [0.15, 0.2) is 24.3 Å². The van der Waals surface area contributed by atoms with Crippen molar-refractivity contribution in [3.8, 4) is 5.75 Å². The predicted octanol–water partition coefficient (Wildman–Crippen LogP) is 2.34. The molecule has 3 rings (SSSR count). The van der Waals surface area contributed by atoms with Crippen LogP contribution in [0.1, 0.15) is 30.7 Å². The van der Waals surface area contributed by atoms with Crippen molar-refractivity contribution in [3.05, 3.63) is 29.8 Å². The van der Waals surface area contributed by atoms with Gasteiger partial charge in [0.25, 0.3) is 0 Å². The molecule has 2 aliphatic rings. The zero-order valence-corrected chi connectivity index (χ0v) is 8.89. The highest BCUT2D eigenvalue weighted by atomic mass is 16.3. The Bertz CT molecular complexity index is 340. The topological polar surface area (TPSA) is 23.5 Å². The summed E-state index contributed by atoms with van der Waals surface area (Å²) in [5, 5.41) is 9.23. The Morgan fingerprint density at radius 2 is 1.73 bits per heavy atom. The molecule has 1 N–H and O–H groups in total. The molecule has 2 nitrogen and oxygen atoms in total. The van der Waals surface area contributed by atoms with Gasteiger partial charge in [-0.25, -0.2) is 0 Å². The molecule has 2 unspecified atom stereocenters. The molecule has 1 aromatic carbocycles. The zero-order valence-electron chi connectivity index (χ0n) is 8.89. The molecule has 1 saturated carbocycles. The minimum absolute atomic E-state index is 0.372. The van der Waals surface area contributed by atoms with E-state index in [1.165, 1.54) is 37.9 Å². The molecule has 1 saturated heterocycles. The Morgan fingerprint density at radius 3 is 2.40 bits per heavy atom. The normalized spacial score (nSPS) is 30.7. The summed E-state index contributed by atoms with van der Waals surface area (Å²) in [7, 11) is 0. The van der Waals surface area contributed by atoms with Crippen molar-refractivity contribution in [2.45, 2.75) is 31.2 Å². The van der Waals surface area contributed by atoms with Crippen molar-refractivity contribution in [3.63, 3.8) is 0 Å². The zero-order chi connectivity index (χ0) is 10.3. The molecule has 2 heteroatoms. The van der Waals surface area contributed by atoms with Gasteiger partial charge < -0.3 is 5.11 Å². The van der Waals surface area contributed by atoms with Crippen molar-refractivity contribution in [1.29, 1.82) is 0 Å². The first-order valence-corrected chi connectivity index (χ1v) is 5.87. The molecule has 0 amide bonds. The minimum Gasteiger partial charge on any atom is -0.508 e. The molecule has 0 spiro atoms. The van der Waals surface area contributed by atoms with Crippen molar-refractivity contribution >= 4 is 0 Å². The van der Waals surface area contributed by atoms with Crippen molar-refractivity contribution in [1.82, 2.24) is 4.90 Å². The van der Waals surface area contributed by atoms with E-state index in [-0.39, 0.29) is 0 Å². The molecular weight excluding hydrogens is 186 g/mol. The van der Waals surface area contributed by atoms with E-state index in [4.69, 9.17) is 0 Å². The second-order valence-electron chi connectivity index (χ2n) is 4.74. The van der Waals surface area contributed by atoms with Crippen LogP contribution in [0.5, 0.6) is 5.75 Å². The predicted molar refractivity (Wildman–Crippen MR) is 60.1 cm³/mol. The van der Waals surface area contributed by atoms with Gasteiger partial charge in [0.1, 0.15) is 5.75 Å². The van der Waals surface area contributed by atoms with Crippen LogP contribution in [-0.4, -0.2) is 29.1 Å². The number of likely N-dealkylation sites (tertiary alicyclic amines) is 1. The molecular formula is C13H17NO. The molecule has 80 valence electrons. The molecule has 1 aromatic rings. The van der Waals surface area contributed by atoms with Crippen LogP contribution in [-0.2, 0) is 0 Å². The van der Waals surface area contributed by atoms with Crippen LogP contribution in [0, 0.1) is 0 Å². The quantitative estimate of drug-likeness (QED) is 0.797. The maximum Gasteiger partial charge on any atom is 0.115 e. The van der Waals surface area contributed by atoms with Crippen LogP contribution in [0.25, 0.3) is 0 Å². The first-order valence-electron chi connectivity index (χ1n) is 5.87. The molecule has 1 heterocycles. The monoisotopic (exact) mass is 203 g/mol. The number of aromatic hydroxyl groups is 1. The fourth-order valence-corrected chi connectivity index (χ4v) is 2.74. The van der Waals surface area contributed by atoms with E-state index >= 15 is 0 Å². The van der Waals surface area contributed by atoms with Crippen molar-refractivity contribution < 1.29 is 5.11 Å². The minimum atomic E-state index is 0.372. The second-order valence-corrected chi connectivity index (χ2v) is 4.74. The van der Waals surface area contributed by atoms with Crippen LogP contribution >= 0.6 is 0 Å². The van der Waals surface area contributed by atoms with Gasteiger partial charge in [0.15, 0.2) is 0 Å². The number of phenolic OH excluding ortho intramolecular Hbond substituents is 1. The number of nitrogens with zero attached hydrogens (tertiary/aromatic N) is 1. The lowest BCUT2D eigenvalue weighted by atomic mass is 10.1. The summed E-state index contributed by atoms with van der Waals surface area (Å²) in [5.74, 6) is 1.10. The molecule has 2 atom stereocenters. The van der Waals surface area contributed by atoms with Gasteiger partial charge >= 0.3 is 0 Å². The van der Waals surface area contributed by atoms with Crippen LogP contribution in [0.2, 0.25) is 0 Å². The summed E-state index contributed by atoms with van der Waals surface area (Å²) in [6.07, 6.45) is 4.06. The lowest BCUT2D eigenvalue weighted by Gasteiger charge is -2.14. The third kappa shape index (κ3) is 1.74. The molecule has 0 bridgehead atoms. The number of rotatable bonds is 2. The second kappa shape index (κ2) is 3.53. The maximum absolute atomic E-state index is 9.23. The van der Waals surface area contributed by atoms with E-state index in [1.807, 2.05) is 0 Å². The Balaban J connectivity index is 1.68. The first kappa shape index (κ1) is 9.22.